The van der Waals surface area contributed by atoms with Crippen molar-refractivity contribution in [3.05, 3.63) is 59.8 Å². The van der Waals surface area contributed by atoms with Crippen LogP contribution in [0.15, 0.2) is 48.7 Å². The number of benzene rings is 1. The van der Waals surface area contributed by atoms with E-state index in [2.05, 4.69) is 48.0 Å². The van der Waals surface area contributed by atoms with Gasteiger partial charge < -0.3 is 4.90 Å². The van der Waals surface area contributed by atoms with Crippen LogP contribution in [0.4, 0.5) is 5.82 Å². The number of hydrogen-bond donors (Lipinski definition) is 0. The molecule has 2 heterocycles. The van der Waals surface area contributed by atoms with E-state index in [0.717, 1.165) is 24.5 Å². The Hall–Kier alpha value is -1.88. The zero-order valence-electron chi connectivity index (χ0n) is 14.4. The number of hydrogen-bond acceptors (Lipinski definition) is 4. The second kappa shape index (κ2) is 6.20. The molecule has 1 unspecified atom stereocenters. The standard InChI is InChI=1S/C19H24N2O2S/c1-19(2)14-21(12-17(19)16-7-5-4-6-8-16)18-10-9-15(11-20-18)13-24(3,22)23/h4-11,17H,12-14H2,1-3H3. The summed E-state index contributed by atoms with van der Waals surface area (Å²) in [6.45, 7) is 6.45. The number of rotatable bonds is 4. The van der Waals surface area contributed by atoms with Gasteiger partial charge in [0.25, 0.3) is 0 Å². The highest BCUT2D eigenvalue weighted by Crippen LogP contribution is 2.43. The van der Waals surface area contributed by atoms with Gasteiger partial charge in [0.2, 0.25) is 0 Å². The Balaban J connectivity index is 1.79. The summed E-state index contributed by atoms with van der Waals surface area (Å²) >= 11 is 0. The Morgan fingerprint density at radius 3 is 2.46 bits per heavy atom. The Labute approximate surface area is 144 Å². The SMILES string of the molecule is CC1(C)CN(c2ccc(CS(C)(=O)=O)cn2)CC1c1ccccc1. The summed E-state index contributed by atoms with van der Waals surface area (Å²) < 4.78 is 22.8. The molecule has 0 radical (unpaired) electrons. The molecule has 3 rings (SSSR count). The van der Waals surface area contributed by atoms with E-state index in [1.54, 1.807) is 6.20 Å². The molecule has 24 heavy (non-hydrogen) atoms. The first-order valence-electron chi connectivity index (χ1n) is 8.17. The Morgan fingerprint density at radius 1 is 1.17 bits per heavy atom. The predicted octanol–water partition coefficient (Wildman–Crippen LogP) is 3.26. The zero-order valence-corrected chi connectivity index (χ0v) is 15.3. The molecular weight excluding hydrogens is 320 g/mol. The molecule has 1 aliphatic heterocycles. The van der Waals surface area contributed by atoms with Gasteiger partial charge in [0.1, 0.15) is 5.82 Å². The highest BCUT2D eigenvalue weighted by molar-refractivity contribution is 7.89. The first-order chi connectivity index (χ1) is 11.2. The van der Waals surface area contributed by atoms with Crippen molar-refractivity contribution in [3.63, 3.8) is 0 Å². The normalized spacial score (nSPS) is 20.3. The third-order valence-electron chi connectivity index (χ3n) is 4.71. The number of sulfone groups is 1. The summed E-state index contributed by atoms with van der Waals surface area (Å²) in [4.78, 5) is 6.79. The number of nitrogens with zero attached hydrogens (tertiary/aromatic N) is 2. The fourth-order valence-electron chi connectivity index (χ4n) is 3.54. The van der Waals surface area contributed by atoms with E-state index in [1.165, 1.54) is 11.8 Å². The van der Waals surface area contributed by atoms with Crippen molar-refractivity contribution in [1.82, 2.24) is 4.98 Å². The van der Waals surface area contributed by atoms with Crippen molar-refractivity contribution in [2.75, 3.05) is 24.2 Å². The van der Waals surface area contributed by atoms with Crippen LogP contribution in [-0.2, 0) is 15.6 Å². The van der Waals surface area contributed by atoms with Gasteiger partial charge >= 0.3 is 0 Å². The van der Waals surface area contributed by atoms with Crippen molar-refractivity contribution in [3.8, 4) is 0 Å². The van der Waals surface area contributed by atoms with Crippen LogP contribution in [0.1, 0.15) is 30.9 Å². The quantitative estimate of drug-likeness (QED) is 0.854. The van der Waals surface area contributed by atoms with Crippen LogP contribution < -0.4 is 4.90 Å². The minimum atomic E-state index is -3.03. The summed E-state index contributed by atoms with van der Waals surface area (Å²) in [6, 6.07) is 14.4. The average molecular weight is 344 g/mol. The molecule has 0 amide bonds. The molecule has 0 aliphatic carbocycles. The molecule has 0 N–H and O–H groups in total. The fourth-order valence-corrected chi connectivity index (χ4v) is 4.32. The molecule has 1 saturated heterocycles. The molecule has 1 atom stereocenters. The second-order valence-electron chi connectivity index (χ2n) is 7.43. The second-order valence-corrected chi connectivity index (χ2v) is 9.57. The van der Waals surface area contributed by atoms with Gasteiger partial charge in [0, 0.05) is 31.5 Å². The molecular formula is C19H24N2O2S. The third-order valence-corrected chi connectivity index (χ3v) is 5.57. The van der Waals surface area contributed by atoms with Gasteiger partial charge in [-0.25, -0.2) is 13.4 Å². The lowest BCUT2D eigenvalue weighted by Crippen LogP contribution is -2.23. The van der Waals surface area contributed by atoms with Crippen molar-refractivity contribution >= 4 is 15.7 Å². The lowest BCUT2D eigenvalue weighted by molar-refractivity contribution is 0.365. The van der Waals surface area contributed by atoms with Crippen LogP contribution >= 0.6 is 0 Å². The van der Waals surface area contributed by atoms with Crippen molar-refractivity contribution < 1.29 is 8.42 Å². The molecule has 5 heteroatoms. The van der Waals surface area contributed by atoms with E-state index < -0.39 is 9.84 Å². The van der Waals surface area contributed by atoms with E-state index in [9.17, 15) is 8.42 Å². The van der Waals surface area contributed by atoms with Gasteiger partial charge in [-0.15, -0.1) is 0 Å². The van der Waals surface area contributed by atoms with Gasteiger partial charge in [0.05, 0.1) is 5.75 Å². The molecule has 128 valence electrons. The molecule has 0 saturated carbocycles. The van der Waals surface area contributed by atoms with Crippen LogP contribution in [0, 0.1) is 5.41 Å². The van der Waals surface area contributed by atoms with Crippen LogP contribution in [-0.4, -0.2) is 32.7 Å². The zero-order chi connectivity index (χ0) is 17.4. The average Bonchev–Trinajstić information content (AvgIpc) is 2.83. The largest absolute Gasteiger partial charge is 0.355 e. The number of anilines is 1. The van der Waals surface area contributed by atoms with Crippen molar-refractivity contribution in [2.45, 2.75) is 25.5 Å². The summed E-state index contributed by atoms with van der Waals surface area (Å²) in [5.41, 5.74) is 2.26. The highest BCUT2D eigenvalue weighted by Gasteiger charge is 2.40. The maximum absolute atomic E-state index is 11.4. The van der Waals surface area contributed by atoms with Crippen LogP contribution in [0.2, 0.25) is 0 Å². The predicted molar refractivity (Wildman–Crippen MR) is 98.0 cm³/mol. The monoisotopic (exact) mass is 344 g/mol. The maximum Gasteiger partial charge on any atom is 0.151 e. The van der Waals surface area contributed by atoms with E-state index in [0.29, 0.717) is 5.92 Å². The molecule has 1 aromatic carbocycles. The van der Waals surface area contributed by atoms with Crippen molar-refractivity contribution in [2.24, 2.45) is 5.41 Å². The Bertz CT molecular complexity index is 799. The maximum atomic E-state index is 11.4. The Kier molecular flexibility index (Phi) is 4.38. The molecule has 1 aromatic heterocycles. The van der Waals surface area contributed by atoms with Gasteiger partial charge in [0.15, 0.2) is 9.84 Å². The highest BCUT2D eigenvalue weighted by atomic mass is 32.2. The summed E-state index contributed by atoms with van der Waals surface area (Å²) in [6.07, 6.45) is 2.92. The first kappa shape index (κ1) is 17.0. The molecule has 0 bridgehead atoms. The smallest absolute Gasteiger partial charge is 0.151 e. The van der Waals surface area contributed by atoms with E-state index >= 15 is 0 Å². The van der Waals surface area contributed by atoms with E-state index in [-0.39, 0.29) is 11.2 Å². The third kappa shape index (κ3) is 3.78. The van der Waals surface area contributed by atoms with Gasteiger partial charge in [-0.2, -0.15) is 0 Å². The van der Waals surface area contributed by atoms with Crippen LogP contribution in [0.5, 0.6) is 0 Å². The number of pyridine rings is 1. The lowest BCUT2D eigenvalue weighted by atomic mass is 9.78. The van der Waals surface area contributed by atoms with Gasteiger partial charge in [-0.1, -0.05) is 50.2 Å². The summed E-state index contributed by atoms with van der Waals surface area (Å²) in [5, 5.41) is 0. The molecule has 1 fully saturated rings. The van der Waals surface area contributed by atoms with Crippen LogP contribution in [0.3, 0.4) is 0 Å². The first-order valence-corrected chi connectivity index (χ1v) is 10.2. The molecule has 4 nitrogen and oxygen atoms in total. The van der Waals surface area contributed by atoms with Gasteiger partial charge in [-0.3, -0.25) is 0 Å². The van der Waals surface area contributed by atoms with Gasteiger partial charge in [-0.05, 0) is 22.6 Å². The molecule has 0 spiro atoms. The topological polar surface area (TPSA) is 50.3 Å². The van der Waals surface area contributed by atoms with Crippen LogP contribution in [0.25, 0.3) is 0 Å². The van der Waals surface area contributed by atoms with E-state index in [4.69, 9.17) is 0 Å². The molecule has 2 aromatic rings. The van der Waals surface area contributed by atoms with Crippen molar-refractivity contribution in [1.29, 1.82) is 0 Å². The summed E-state index contributed by atoms with van der Waals surface area (Å²) in [7, 11) is -3.03. The lowest BCUT2D eigenvalue weighted by Gasteiger charge is -2.25. The number of aromatic nitrogens is 1. The minimum Gasteiger partial charge on any atom is -0.355 e. The van der Waals surface area contributed by atoms with E-state index in [1.807, 2.05) is 18.2 Å². The summed E-state index contributed by atoms with van der Waals surface area (Å²) in [5.74, 6) is 1.41. The minimum absolute atomic E-state index is 0.0401. The fraction of sp³-hybridized carbons (Fsp3) is 0.421. The Morgan fingerprint density at radius 2 is 1.88 bits per heavy atom. The molecule has 1 aliphatic rings.